The zero-order valence-corrected chi connectivity index (χ0v) is 13.8. The van der Waals surface area contributed by atoms with E-state index in [4.69, 9.17) is 4.74 Å². The molecule has 1 saturated heterocycles. The van der Waals surface area contributed by atoms with Crippen LogP contribution in [-0.4, -0.2) is 26.3 Å². The van der Waals surface area contributed by atoms with Crippen molar-refractivity contribution in [2.45, 2.75) is 84.0 Å². The number of piperidine rings is 1. The second-order valence-electron chi connectivity index (χ2n) is 6.47. The van der Waals surface area contributed by atoms with Crippen LogP contribution in [0, 0.1) is 5.92 Å². The highest BCUT2D eigenvalue weighted by Gasteiger charge is 2.12. The van der Waals surface area contributed by atoms with Crippen molar-refractivity contribution in [3.8, 4) is 0 Å². The third-order valence-electron chi connectivity index (χ3n) is 4.39. The van der Waals surface area contributed by atoms with Gasteiger partial charge in [0.1, 0.15) is 0 Å². The molecule has 1 atom stereocenters. The molecule has 0 aliphatic carbocycles. The van der Waals surface area contributed by atoms with Crippen LogP contribution in [0.5, 0.6) is 0 Å². The van der Waals surface area contributed by atoms with Gasteiger partial charge < -0.3 is 10.1 Å². The predicted molar refractivity (Wildman–Crippen MR) is 88.3 cm³/mol. The number of ether oxygens (including phenoxy) is 1. The quantitative estimate of drug-likeness (QED) is 0.484. The van der Waals surface area contributed by atoms with Gasteiger partial charge in [0, 0.05) is 13.2 Å². The minimum absolute atomic E-state index is 0.770. The molecule has 1 fully saturated rings. The van der Waals surface area contributed by atoms with E-state index in [0.29, 0.717) is 0 Å². The van der Waals surface area contributed by atoms with E-state index in [2.05, 4.69) is 12.2 Å². The highest BCUT2D eigenvalue weighted by molar-refractivity contribution is 4.68. The lowest BCUT2D eigenvalue weighted by Crippen LogP contribution is -2.32. The van der Waals surface area contributed by atoms with Gasteiger partial charge in [0.15, 0.2) is 0 Å². The maximum Gasteiger partial charge on any atom is 0.0506 e. The van der Waals surface area contributed by atoms with Crippen LogP contribution in [0.25, 0.3) is 0 Å². The molecule has 1 aliphatic heterocycles. The molecular formula is C18H37NO. The van der Waals surface area contributed by atoms with E-state index >= 15 is 0 Å². The lowest BCUT2D eigenvalue weighted by Gasteiger charge is -2.22. The van der Waals surface area contributed by atoms with E-state index in [-0.39, 0.29) is 0 Å². The summed E-state index contributed by atoms with van der Waals surface area (Å²) in [5.41, 5.74) is 0. The van der Waals surface area contributed by atoms with Gasteiger partial charge >= 0.3 is 0 Å². The average Bonchev–Trinajstić information content (AvgIpc) is 2.49. The normalized spacial score (nSPS) is 19.4. The Balaban J connectivity index is 1.70. The zero-order chi connectivity index (χ0) is 14.3. The molecule has 0 saturated carbocycles. The first-order valence-electron chi connectivity index (χ1n) is 9.22. The number of nitrogens with one attached hydrogen (secondary N) is 1. The van der Waals surface area contributed by atoms with Crippen molar-refractivity contribution >= 4 is 0 Å². The smallest absolute Gasteiger partial charge is 0.0506 e. The molecule has 2 nitrogen and oxygen atoms in total. The summed E-state index contributed by atoms with van der Waals surface area (Å²) in [5.74, 6) is 0.770. The number of rotatable bonds is 13. The van der Waals surface area contributed by atoms with E-state index in [1.165, 1.54) is 83.6 Å². The first kappa shape index (κ1) is 18.0. The fourth-order valence-electron chi connectivity index (χ4n) is 3.01. The molecule has 1 rings (SSSR count). The summed E-state index contributed by atoms with van der Waals surface area (Å²) >= 11 is 0. The number of unbranched alkanes of at least 4 members (excludes halogenated alkanes) is 9. The molecule has 0 bridgehead atoms. The summed E-state index contributed by atoms with van der Waals surface area (Å²) in [6, 6.07) is 0. The van der Waals surface area contributed by atoms with Crippen molar-refractivity contribution in [1.29, 1.82) is 0 Å². The van der Waals surface area contributed by atoms with Crippen LogP contribution in [0.3, 0.4) is 0 Å². The van der Waals surface area contributed by atoms with Crippen molar-refractivity contribution in [3.63, 3.8) is 0 Å². The number of hydrogen-bond donors (Lipinski definition) is 1. The van der Waals surface area contributed by atoms with Crippen LogP contribution in [0.15, 0.2) is 0 Å². The van der Waals surface area contributed by atoms with E-state index in [1.54, 1.807) is 0 Å². The van der Waals surface area contributed by atoms with Crippen LogP contribution in [0.4, 0.5) is 0 Å². The Hall–Kier alpha value is -0.0800. The molecule has 0 spiro atoms. The van der Waals surface area contributed by atoms with Gasteiger partial charge in [0.05, 0.1) is 6.61 Å². The van der Waals surface area contributed by atoms with Crippen molar-refractivity contribution in [2.24, 2.45) is 5.92 Å². The second kappa shape index (κ2) is 13.9. The zero-order valence-electron chi connectivity index (χ0n) is 13.8. The molecule has 120 valence electrons. The third-order valence-corrected chi connectivity index (χ3v) is 4.39. The highest BCUT2D eigenvalue weighted by Crippen LogP contribution is 2.12. The first-order chi connectivity index (χ1) is 9.93. The van der Waals surface area contributed by atoms with Gasteiger partial charge in [-0.1, -0.05) is 64.7 Å². The average molecular weight is 283 g/mol. The lowest BCUT2D eigenvalue weighted by atomic mass is 10.0. The molecule has 0 aromatic carbocycles. The van der Waals surface area contributed by atoms with E-state index in [1.807, 2.05) is 0 Å². The molecule has 1 heterocycles. The SMILES string of the molecule is CCCCCCCCCCCCOCC1CCCNC1. The summed E-state index contributed by atoms with van der Waals surface area (Å²) in [4.78, 5) is 0. The Labute approximate surface area is 127 Å². The molecule has 0 aromatic heterocycles. The number of hydrogen-bond acceptors (Lipinski definition) is 2. The molecule has 1 N–H and O–H groups in total. The minimum atomic E-state index is 0.770. The molecule has 2 heteroatoms. The minimum Gasteiger partial charge on any atom is -0.381 e. The van der Waals surface area contributed by atoms with Gasteiger partial charge in [-0.05, 0) is 31.7 Å². The van der Waals surface area contributed by atoms with Crippen LogP contribution < -0.4 is 5.32 Å². The van der Waals surface area contributed by atoms with Crippen molar-refractivity contribution < 1.29 is 4.74 Å². The van der Waals surface area contributed by atoms with E-state index in [0.717, 1.165) is 25.7 Å². The van der Waals surface area contributed by atoms with Crippen LogP contribution in [-0.2, 0) is 4.74 Å². The molecule has 0 amide bonds. The molecule has 0 aromatic rings. The molecule has 0 radical (unpaired) electrons. The Morgan fingerprint density at radius 2 is 1.55 bits per heavy atom. The largest absolute Gasteiger partial charge is 0.381 e. The van der Waals surface area contributed by atoms with Crippen molar-refractivity contribution in [3.05, 3.63) is 0 Å². The monoisotopic (exact) mass is 283 g/mol. The maximum atomic E-state index is 5.81. The standard InChI is InChI=1S/C18H37NO/c1-2-3-4-5-6-7-8-9-10-11-15-20-17-18-13-12-14-19-16-18/h18-19H,2-17H2,1H3. The molecule has 1 aliphatic rings. The lowest BCUT2D eigenvalue weighted by molar-refractivity contribution is 0.0869. The summed E-state index contributed by atoms with van der Waals surface area (Å²) in [6.07, 6.45) is 16.7. The first-order valence-corrected chi connectivity index (χ1v) is 9.22. The fourth-order valence-corrected chi connectivity index (χ4v) is 3.01. The predicted octanol–water partition coefficient (Wildman–Crippen LogP) is 4.92. The topological polar surface area (TPSA) is 21.3 Å². The van der Waals surface area contributed by atoms with Crippen molar-refractivity contribution in [2.75, 3.05) is 26.3 Å². The van der Waals surface area contributed by atoms with E-state index in [9.17, 15) is 0 Å². The van der Waals surface area contributed by atoms with Gasteiger partial charge in [0.2, 0.25) is 0 Å². The Morgan fingerprint density at radius 3 is 2.15 bits per heavy atom. The summed E-state index contributed by atoms with van der Waals surface area (Å²) in [5, 5.41) is 3.45. The van der Waals surface area contributed by atoms with Crippen LogP contribution in [0.1, 0.15) is 84.0 Å². The van der Waals surface area contributed by atoms with Gasteiger partial charge in [-0.25, -0.2) is 0 Å². The van der Waals surface area contributed by atoms with Crippen LogP contribution in [0.2, 0.25) is 0 Å². The third kappa shape index (κ3) is 10.7. The Kier molecular flexibility index (Phi) is 12.5. The van der Waals surface area contributed by atoms with Crippen LogP contribution >= 0.6 is 0 Å². The molecular weight excluding hydrogens is 246 g/mol. The summed E-state index contributed by atoms with van der Waals surface area (Å²) < 4.78 is 5.81. The highest BCUT2D eigenvalue weighted by atomic mass is 16.5. The summed E-state index contributed by atoms with van der Waals surface area (Å²) in [7, 11) is 0. The van der Waals surface area contributed by atoms with Gasteiger partial charge in [0.25, 0.3) is 0 Å². The van der Waals surface area contributed by atoms with E-state index < -0.39 is 0 Å². The van der Waals surface area contributed by atoms with Crippen molar-refractivity contribution in [1.82, 2.24) is 5.32 Å². The maximum absolute atomic E-state index is 5.81. The Morgan fingerprint density at radius 1 is 0.900 bits per heavy atom. The summed E-state index contributed by atoms with van der Waals surface area (Å²) in [6.45, 7) is 6.61. The fraction of sp³-hybridized carbons (Fsp3) is 1.00. The molecule has 20 heavy (non-hydrogen) atoms. The van der Waals surface area contributed by atoms with Gasteiger partial charge in [-0.3, -0.25) is 0 Å². The molecule has 1 unspecified atom stereocenters. The van der Waals surface area contributed by atoms with Gasteiger partial charge in [-0.15, -0.1) is 0 Å². The second-order valence-corrected chi connectivity index (χ2v) is 6.47. The Bertz CT molecular complexity index is 190. The van der Waals surface area contributed by atoms with Gasteiger partial charge in [-0.2, -0.15) is 0 Å².